The molecule has 0 radical (unpaired) electrons. The molecule has 3 aromatic rings. The Morgan fingerprint density at radius 2 is 1.91 bits per heavy atom. The fourth-order valence-electron chi connectivity index (χ4n) is 3.07. The average molecular weight is 453 g/mol. The van der Waals surface area contributed by atoms with Gasteiger partial charge in [0.15, 0.2) is 29.0 Å². The first kappa shape index (κ1) is 23.3. The van der Waals surface area contributed by atoms with Crippen LogP contribution in [0.2, 0.25) is 0 Å². The van der Waals surface area contributed by atoms with Crippen LogP contribution in [-0.2, 0) is 7.05 Å². The summed E-state index contributed by atoms with van der Waals surface area (Å²) in [6.07, 6.45) is 3.41. The zero-order valence-electron chi connectivity index (χ0n) is 18.5. The second-order valence-corrected chi connectivity index (χ2v) is 6.77. The second-order valence-electron chi connectivity index (χ2n) is 6.77. The summed E-state index contributed by atoms with van der Waals surface area (Å²) in [5.41, 5.74) is 1.15. The van der Waals surface area contributed by atoms with Gasteiger partial charge in [-0.05, 0) is 25.8 Å². The van der Waals surface area contributed by atoms with Gasteiger partial charge in [0.2, 0.25) is 0 Å². The molecule has 0 aliphatic heterocycles. The number of hydrogen-bond acceptors (Lipinski definition) is 8. The molecular formula is C22H21F2N7O2. The maximum atomic E-state index is 15.1. The van der Waals surface area contributed by atoms with Crippen LogP contribution in [0.4, 0.5) is 31.8 Å². The van der Waals surface area contributed by atoms with Crippen LogP contribution in [0.3, 0.4) is 0 Å². The third kappa shape index (κ3) is 4.64. The molecule has 33 heavy (non-hydrogen) atoms. The Kier molecular flexibility index (Phi) is 6.97. The normalized spacial score (nSPS) is 11.1. The van der Waals surface area contributed by atoms with Crippen LogP contribution in [-0.4, -0.2) is 48.0 Å². The van der Waals surface area contributed by atoms with Crippen molar-refractivity contribution >= 4 is 35.4 Å². The molecule has 0 aliphatic rings. The van der Waals surface area contributed by atoms with Crippen molar-refractivity contribution in [3.05, 3.63) is 47.8 Å². The lowest BCUT2D eigenvalue weighted by Gasteiger charge is -2.24. The second kappa shape index (κ2) is 9.86. The largest absolute Gasteiger partial charge is 0.493 e. The lowest BCUT2D eigenvalue weighted by molar-refractivity contribution is 0.359. The molecular weight excluding hydrogens is 432 g/mol. The predicted octanol–water partition coefficient (Wildman–Crippen LogP) is 4.24. The van der Waals surface area contributed by atoms with Gasteiger partial charge in [-0.2, -0.15) is 10.4 Å². The van der Waals surface area contributed by atoms with Crippen LogP contribution in [0.15, 0.2) is 40.6 Å². The quantitative estimate of drug-likeness (QED) is 0.373. The van der Waals surface area contributed by atoms with Crippen LogP contribution in [0.1, 0.15) is 12.5 Å². The molecule has 2 heterocycles. The number of halogens is 2. The van der Waals surface area contributed by atoms with Gasteiger partial charge in [-0.25, -0.2) is 18.8 Å². The molecule has 0 aliphatic carbocycles. The van der Waals surface area contributed by atoms with Gasteiger partial charge in [0.25, 0.3) is 0 Å². The first-order valence-corrected chi connectivity index (χ1v) is 9.61. The lowest BCUT2D eigenvalue weighted by atomic mass is 10.2. The van der Waals surface area contributed by atoms with Gasteiger partial charge in [0.1, 0.15) is 23.7 Å². The van der Waals surface area contributed by atoms with E-state index in [1.54, 1.807) is 37.1 Å². The van der Waals surface area contributed by atoms with Gasteiger partial charge < -0.3 is 14.4 Å². The van der Waals surface area contributed by atoms with E-state index in [0.29, 0.717) is 11.4 Å². The number of ether oxygens (including phenoxy) is 2. The molecule has 3 rings (SSSR count). The Hall–Kier alpha value is -4.33. The number of aromatic nitrogens is 3. The molecule has 0 N–H and O–H groups in total. The van der Waals surface area contributed by atoms with Crippen LogP contribution in [0.5, 0.6) is 11.5 Å². The van der Waals surface area contributed by atoms with Gasteiger partial charge >= 0.3 is 0 Å². The summed E-state index contributed by atoms with van der Waals surface area (Å²) < 4.78 is 41.9. The summed E-state index contributed by atoms with van der Waals surface area (Å²) in [4.78, 5) is 13.9. The molecule has 11 heteroatoms. The summed E-state index contributed by atoms with van der Waals surface area (Å²) in [6.45, 7) is 4.87. The van der Waals surface area contributed by atoms with Gasteiger partial charge in [0.05, 0.1) is 32.2 Å². The number of benzene rings is 1. The van der Waals surface area contributed by atoms with Crippen molar-refractivity contribution < 1.29 is 18.3 Å². The Labute approximate surface area is 189 Å². The number of nitriles is 1. The molecule has 0 atom stereocenters. The molecule has 0 amide bonds. The van der Waals surface area contributed by atoms with E-state index < -0.39 is 23.9 Å². The highest BCUT2D eigenvalue weighted by Crippen LogP contribution is 2.40. The number of hydrogen-bond donors (Lipinski definition) is 0. The first-order valence-electron chi connectivity index (χ1n) is 9.61. The smallest absolute Gasteiger partial charge is 0.192 e. The van der Waals surface area contributed by atoms with Crippen LogP contribution in [0.25, 0.3) is 0 Å². The monoisotopic (exact) mass is 453 g/mol. The zero-order chi connectivity index (χ0) is 24.1. The number of aliphatic imine (C=N–C) groups is 2. The molecule has 170 valence electrons. The van der Waals surface area contributed by atoms with E-state index in [1.807, 2.05) is 6.07 Å². The Bertz CT molecular complexity index is 1240. The van der Waals surface area contributed by atoms with E-state index in [2.05, 4.69) is 26.8 Å². The first-order chi connectivity index (χ1) is 15.8. The number of aryl methyl sites for hydroxylation is 1. The standard InChI is InChI=1S/C22H21F2N7O2/c1-13(14-11-27-30(3)12-14)28-22-15(26-2)6-7-18(29-22)31(9-8-25)21-19(23)16(32-4)10-17(33-5)20(21)24/h6-7,10-12H,2,9H2,1,3-5H3/b28-13+. The minimum Gasteiger partial charge on any atom is -0.493 e. The minimum atomic E-state index is -1.00. The number of rotatable bonds is 8. The zero-order valence-corrected chi connectivity index (χ0v) is 18.5. The summed E-state index contributed by atoms with van der Waals surface area (Å²) in [5, 5.41) is 13.5. The molecule has 0 unspecified atom stereocenters. The van der Waals surface area contributed by atoms with E-state index >= 15 is 8.78 Å². The maximum absolute atomic E-state index is 15.1. The van der Waals surface area contributed by atoms with Crippen molar-refractivity contribution in [1.29, 1.82) is 5.26 Å². The summed E-state index contributed by atoms with van der Waals surface area (Å²) in [6, 6.07) is 5.99. The highest BCUT2D eigenvalue weighted by Gasteiger charge is 2.27. The third-order valence-electron chi connectivity index (χ3n) is 4.73. The highest BCUT2D eigenvalue weighted by molar-refractivity contribution is 6.00. The fraction of sp³-hybridized carbons (Fsp3) is 0.227. The van der Waals surface area contributed by atoms with Crippen molar-refractivity contribution in [3.8, 4) is 17.6 Å². The average Bonchev–Trinajstić information content (AvgIpc) is 3.25. The Balaban J connectivity index is 2.19. The third-order valence-corrected chi connectivity index (χ3v) is 4.73. The lowest BCUT2D eigenvalue weighted by Crippen LogP contribution is -2.21. The van der Waals surface area contributed by atoms with Crippen LogP contribution >= 0.6 is 0 Å². The molecule has 9 nitrogen and oxygen atoms in total. The SMILES string of the molecule is C=Nc1ccc(N(CC#N)c2c(F)c(OC)cc(OC)c2F)nc1/N=C(\C)c1cnn(C)c1. The van der Waals surface area contributed by atoms with E-state index in [-0.39, 0.29) is 23.1 Å². The van der Waals surface area contributed by atoms with E-state index in [0.717, 1.165) is 16.5 Å². The summed E-state index contributed by atoms with van der Waals surface area (Å²) >= 11 is 0. The molecule has 0 spiro atoms. The molecule has 2 aromatic heterocycles. The van der Waals surface area contributed by atoms with Crippen LogP contribution in [0, 0.1) is 23.0 Å². The number of nitrogens with zero attached hydrogens (tertiary/aromatic N) is 7. The fourth-order valence-corrected chi connectivity index (χ4v) is 3.07. The predicted molar refractivity (Wildman–Crippen MR) is 121 cm³/mol. The van der Waals surface area contributed by atoms with Crippen molar-refractivity contribution in [2.45, 2.75) is 6.92 Å². The summed E-state index contributed by atoms with van der Waals surface area (Å²) in [5.74, 6) is -2.29. The molecule has 0 bridgehead atoms. The number of anilines is 2. The van der Waals surface area contributed by atoms with Gasteiger partial charge in [0, 0.05) is 24.9 Å². The van der Waals surface area contributed by atoms with Crippen molar-refractivity contribution in [3.63, 3.8) is 0 Å². The van der Waals surface area contributed by atoms with Crippen molar-refractivity contribution in [2.75, 3.05) is 25.7 Å². The molecule has 0 saturated heterocycles. The van der Waals surface area contributed by atoms with Gasteiger partial charge in [-0.1, -0.05) is 0 Å². The number of methoxy groups -OCH3 is 2. The van der Waals surface area contributed by atoms with E-state index in [4.69, 9.17) is 9.47 Å². The molecule has 0 saturated carbocycles. The minimum absolute atomic E-state index is 0.0646. The Morgan fingerprint density at radius 1 is 1.24 bits per heavy atom. The van der Waals surface area contributed by atoms with E-state index in [9.17, 15) is 5.26 Å². The highest BCUT2D eigenvalue weighted by atomic mass is 19.1. The van der Waals surface area contributed by atoms with Crippen molar-refractivity contribution in [2.24, 2.45) is 17.0 Å². The van der Waals surface area contributed by atoms with Crippen LogP contribution < -0.4 is 14.4 Å². The topological polar surface area (TPSA) is 101 Å². The summed E-state index contributed by atoms with van der Waals surface area (Å²) in [7, 11) is 4.26. The van der Waals surface area contributed by atoms with Gasteiger partial charge in [-0.3, -0.25) is 9.67 Å². The van der Waals surface area contributed by atoms with Gasteiger partial charge in [-0.15, -0.1) is 0 Å². The Morgan fingerprint density at radius 3 is 2.42 bits per heavy atom. The van der Waals surface area contributed by atoms with Crippen molar-refractivity contribution in [1.82, 2.24) is 14.8 Å². The number of pyridine rings is 1. The molecule has 1 aromatic carbocycles. The molecule has 0 fully saturated rings. The maximum Gasteiger partial charge on any atom is 0.192 e. The van der Waals surface area contributed by atoms with E-state index in [1.165, 1.54) is 20.3 Å².